The summed E-state index contributed by atoms with van der Waals surface area (Å²) in [4.78, 5) is 15.1. The van der Waals surface area contributed by atoms with E-state index >= 15 is 0 Å². The monoisotopic (exact) mass is 318 g/mol. The molecule has 0 bridgehead atoms. The fraction of sp³-hybridized carbons (Fsp3) is 0.214. The normalized spacial score (nSPS) is 10.9. The van der Waals surface area contributed by atoms with Gasteiger partial charge in [0.15, 0.2) is 0 Å². The summed E-state index contributed by atoms with van der Waals surface area (Å²) in [6.45, 7) is 0.593. The quantitative estimate of drug-likeness (QED) is 0.409. The Morgan fingerprint density at radius 2 is 2.27 bits per heavy atom. The van der Waals surface area contributed by atoms with E-state index in [2.05, 4.69) is 10.3 Å². The lowest BCUT2D eigenvalue weighted by molar-refractivity contribution is -0.389. The Labute approximate surface area is 130 Å². The molecule has 0 fully saturated rings. The molecule has 22 heavy (non-hydrogen) atoms. The topological polar surface area (TPSA) is 85.6 Å². The molecule has 0 saturated heterocycles. The predicted molar refractivity (Wildman–Crippen MR) is 85.2 cm³/mol. The lowest BCUT2D eigenvalue weighted by Crippen LogP contribution is -2.07. The van der Waals surface area contributed by atoms with Crippen molar-refractivity contribution in [1.29, 1.82) is 0 Å². The van der Waals surface area contributed by atoms with Crippen molar-refractivity contribution in [3.8, 4) is 0 Å². The summed E-state index contributed by atoms with van der Waals surface area (Å²) in [5.41, 5.74) is 0.555. The third-order valence-electron chi connectivity index (χ3n) is 3.04. The van der Waals surface area contributed by atoms with Crippen LogP contribution in [0.25, 0.3) is 5.65 Å². The number of aromatic nitrogens is 2. The molecule has 3 rings (SSSR count). The maximum atomic E-state index is 11.2. The molecule has 8 heteroatoms. The molecular formula is C14H14N4O3S. The standard InChI is InChI=1S/C14H14N4O3S/c19-18(20)14-13(16-12-5-1-2-7-17(12)14)15-6-9-22-10-11-4-3-8-21-11/h1-5,7-8,15H,6,9-10H2. The van der Waals surface area contributed by atoms with Crippen LogP contribution in [-0.2, 0) is 5.75 Å². The number of hydrogen-bond acceptors (Lipinski definition) is 6. The third-order valence-corrected chi connectivity index (χ3v) is 4.02. The van der Waals surface area contributed by atoms with Crippen molar-refractivity contribution in [3.63, 3.8) is 0 Å². The highest BCUT2D eigenvalue weighted by atomic mass is 32.2. The van der Waals surface area contributed by atoms with Gasteiger partial charge < -0.3 is 19.8 Å². The van der Waals surface area contributed by atoms with Crippen LogP contribution in [0.1, 0.15) is 5.76 Å². The molecule has 3 heterocycles. The van der Waals surface area contributed by atoms with Crippen LogP contribution in [0, 0.1) is 10.1 Å². The summed E-state index contributed by atoms with van der Waals surface area (Å²) in [5, 5.41) is 14.3. The zero-order valence-electron chi connectivity index (χ0n) is 11.6. The van der Waals surface area contributed by atoms with Gasteiger partial charge in [-0.25, -0.2) is 0 Å². The van der Waals surface area contributed by atoms with E-state index in [0.29, 0.717) is 18.0 Å². The smallest absolute Gasteiger partial charge is 0.372 e. The number of pyridine rings is 1. The number of nitro groups is 1. The number of nitrogens with zero attached hydrogens (tertiary/aromatic N) is 3. The Balaban J connectivity index is 1.61. The fourth-order valence-corrected chi connectivity index (χ4v) is 2.84. The first-order valence-electron chi connectivity index (χ1n) is 6.71. The first kappa shape index (κ1) is 14.5. The van der Waals surface area contributed by atoms with Crippen LogP contribution in [0.4, 0.5) is 11.6 Å². The number of imidazole rings is 1. The van der Waals surface area contributed by atoms with Crippen molar-refractivity contribution in [1.82, 2.24) is 9.38 Å². The number of furan rings is 1. The van der Waals surface area contributed by atoms with Crippen LogP contribution in [0.15, 0.2) is 47.2 Å². The highest BCUT2D eigenvalue weighted by Crippen LogP contribution is 2.25. The average Bonchev–Trinajstić information content (AvgIpc) is 3.13. The third kappa shape index (κ3) is 3.06. The molecular weight excluding hydrogens is 304 g/mol. The number of anilines is 1. The van der Waals surface area contributed by atoms with Crippen molar-refractivity contribution in [2.45, 2.75) is 5.75 Å². The summed E-state index contributed by atoms with van der Waals surface area (Å²) < 4.78 is 6.71. The highest BCUT2D eigenvalue weighted by Gasteiger charge is 2.21. The van der Waals surface area contributed by atoms with Gasteiger partial charge >= 0.3 is 5.82 Å². The van der Waals surface area contributed by atoms with Gasteiger partial charge in [0.05, 0.1) is 18.2 Å². The number of hydrogen-bond donors (Lipinski definition) is 1. The molecule has 114 valence electrons. The van der Waals surface area contributed by atoms with Crippen molar-refractivity contribution in [2.75, 3.05) is 17.6 Å². The second-order valence-corrected chi connectivity index (χ2v) is 5.63. The Hall–Kier alpha value is -2.48. The number of thioether (sulfide) groups is 1. The van der Waals surface area contributed by atoms with Gasteiger partial charge in [0.2, 0.25) is 11.5 Å². The van der Waals surface area contributed by atoms with Gasteiger partial charge in [0, 0.05) is 18.4 Å². The van der Waals surface area contributed by atoms with E-state index < -0.39 is 4.92 Å². The number of nitrogens with one attached hydrogen (secondary N) is 1. The summed E-state index contributed by atoms with van der Waals surface area (Å²) in [6.07, 6.45) is 3.28. The summed E-state index contributed by atoms with van der Waals surface area (Å²) in [6, 6.07) is 9.06. The van der Waals surface area contributed by atoms with Gasteiger partial charge in [-0.2, -0.15) is 21.1 Å². The fourth-order valence-electron chi connectivity index (χ4n) is 2.09. The molecule has 0 aliphatic rings. The van der Waals surface area contributed by atoms with E-state index in [1.54, 1.807) is 42.4 Å². The maximum absolute atomic E-state index is 11.2. The van der Waals surface area contributed by atoms with Crippen LogP contribution >= 0.6 is 11.8 Å². The van der Waals surface area contributed by atoms with E-state index in [1.165, 1.54) is 4.40 Å². The Bertz CT molecular complexity index is 770. The molecule has 0 aliphatic carbocycles. The van der Waals surface area contributed by atoms with E-state index in [-0.39, 0.29) is 5.82 Å². The zero-order valence-corrected chi connectivity index (χ0v) is 12.5. The molecule has 0 saturated carbocycles. The van der Waals surface area contributed by atoms with E-state index in [9.17, 15) is 10.1 Å². The molecule has 0 spiro atoms. The number of fused-ring (bicyclic) bond motifs is 1. The summed E-state index contributed by atoms with van der Waals surface area (Å²) in [5.74, 6) is 2.76. The highest BCUT2D eigenvalue weighted by molar-refractivity contribution is 7.98. The molecule has 0 aliphatic heterocycles. The summed E-state index contributed by atoms with van der Waals surface area (Å²) in [7, 11) is 0. The Morgan fingerprint density at radius 3 is 3.05 bits per heavy atom. The van der Waals surface area contributed by atoms with E-state index in [1.807, 2.05) is 12.1 Å². The molecule has 0 unspecified atom stereocenters. The Kier molecular flexibility index (Phi) is 4.29. The van der Waals surface area contributed by atoms with Crippen molar-refractivity contribution in [2.24, 2.45) is 0 Å². The van der Waals surface area contributed by atoms with Gasteiger partial charge in [-0.3, -0.25) is 0 Å². The molecule has 1 N–H and O–H groups in total. The van der Waals surface area contributed by atoms with Crippen LogP contribution in [-0.4, -0.2) is 26.6 Å². The van der Waals surface area contributed by atoms with Gasteiger partial charge in [0.25, 0.3) is 0 Å². The Morgan fingerprint density at radius 1 is 1.36 bits per heavy atom. The van der Waals surface area contributed by atoms with Gasteiger partial charge in [0.1, 0.15) is 5.76 Å². The molecule has 3 aromatic heterocycles. The first-order chi connectivity index (χ1) is 10.8. The minimum atomic E-state index is -0.418. The van der Waals surface area contributed by atoms with Gasteiger partial charge in [-0.05, 0) is 23.1 Å². The second kappa shape index (κ2) is 6.52. The summed E-state index contributed by atoms with van der Waals surface area (Å²) >= 11 is 1.69. The van der Waals surface area contributed by atoms with Gasteiger partial charge in [-0.1, -0.05) is 6.07 Å². The molecule has 3 aromatic rings. The molecule has 0 amide bonds. The molecule has 0 radical (unpaired) electrons. The van der Waals surface area contributed by atoms with E-state index in [0.717, 1.165) is 17.3 Å². The van der Waals surface area contributed by atoms with Crippen LogP contribution < -0.4 is 5.32 Å². The minimum absolute atomic E-state index is 0.0355. The average molecular weight is 318 g/mol. The zero-order chi connectivity index (χ0) is 15.4. The second-order valence-electron chi connectivity index (χ2n) is 4.53. The lowest BCUT2D eigenvalue weighted by atomic mass is 10.5. The van der Waals surface area contributed by atoms with Crippen molar-refractivity contribution >= 4 is 29.0 Å². The first-order valence-corrected chi connectivity index (χ1v) is 7.86. The van der Waals surface area contributed by atoms with Crippen LogP contribution in [0.3, 0.4) is 0 Å². The van der Waals surface area contributed by atoms with Gasteiger partial charge in [-0.15, -0.1) is 0 Å². The minimum Gasteiger partial charge on any atom is -0.468 e. The molecule has 7 nitrogen and oxygen atoms in total. The maximum Gasteiger partial charge on any atom is 0.372 e. The number of rotatable bonds is 7. The molecule has 0 aromatic carbocycles. The lowest BCUT2D eigenvalue weighted by Gasteiger charge is -2.02. The largest absolute Gasteiger partial charge is 0.468 e. The van der Waals surface area contributed by atoms with Crippen molar-refractivity contribution < 1.29 is 9.34 Å². The van der Waals surface area contributed by atoms with Crippen LogP contribution in [0.2, 0.25) is 0 Å². The molecule has 0 atom stereocenters. The van der Waals surface area contributed by atoms with Crippen LogP contribution in [0.5, 0.6) is 0 Å². The van der Waals surface area contributed by atoms with Crippen molar-refractivity contribution in [3.05, 3.63) is 58.7 Å². The predicted octanol–water partition coefficient (Wildman–Crippen LogP) is 3.18. The van der Waals surface area contributed by atoms with E-state index in [4.69, 9.17) is 4.42 Å². The SMILES string of the molecule is O=[N+]([O-])c1c(NCCSCc2ccco2)nc2ccccn12.